The molecule has 2 rings (SSSR count). The van der Waals surface area contributed by atoms with Gasteiger partial charge >= 0.3 is 0 Å². The summed E-state index contributed by atoms with van der Waals surface area (Å²) < 4.78 is 22.7. The van der Waals surface area contributed by atoms with Crippen molar-refractivity contribution in [3.05, 3.63) is 29.8 Å². The van der Waals surface area contributed by atoms with Crippen molar-refractivity contribution in [3.63, 3.8) is 0 Å². The zero-order valence-electron chi connectivity index (χ0n) is 12.2. The Bertz CT molecular complexity index is 557. The molecule has 5 heteroatoms. The highest BCUT2D eigenvalue weighted by molar-refractivity contribution is 7.89. The second kappa shape index (κ2) is 6.24. The van der Waals surface area contributed by atoms with Gasteiger partial charge in [0.2, 0.25) is 10.0 Å². The lowest BCUT2D eigenvalue weighted by Gasteiger charge is -2.33. The standard InChI is InChI=1S/C15H24N2O2S/c1-11-6-7-15(12(2)8-11)17-10-13-4-3-5-14(9-13)20(16,18)19/h3-5,9,11-12,15,17H,6-8,10H2,1-2H3,(H2,16,18,19). The number of primary sulfonamides is 1. The predicted molar refractivity (Wildman–Crippen MR) is 80.6 cm³/mol. The third-order valence-corrected chi connectivity index (χ3v) is 5.14. The van der Waals surface area contributed by atoms with Gasteiger partial charge in [-0.05, 0) is 48.8 Å². The topological polar surface area (TPSA) is 72.2 Å². The van der Waals surface area contributed by atoms with Crippen LogP contribution in [-0.4, -0.2) is 14.5 Å². The van der Waals surface area contributed by atoms with Crippen molar-refractivity contribution in [1.82, 2.24) is 5.32 Å². The van der Waals surface area contributed by atoms with Crippen LogP contribution in [0, 0.1) is 11.8 Å². The molecule has 112 valence electrons. The Hall–Kier alpha value is -0.910. The first-order chi connectivity index (χ1) is 9.36. The molecule has 20 heavy (non-hydrogen) atoms. The van der Waals surface area contributed by atoms with E-state index in [0.29, 0.717) is 18.5 Å². The largest absolute Gasteiger partial charge is 0.310 e. The van der Waals surface area contributed by atoms with Gasteiger partial charge in [-0.1, -0.05) is 26.0 Å². The number of benzene rings is 1. The zero-order valence-corrected chi connectivity index (χ0v) is 13.0. The van der Waals surface area contributed by atoms with E-state index in [2.05, 4.69) is 19.2 Å². The molecule has 1 aliphatic rings. The molecule has 0 saturated heterocycles. The fraction of sp³-hybridized carbons (Fsp3) is 0.600. The normalized spacial score (nSPS) is 27.4. The summed E-state index contributed by atoms with van der Waals surface area (Å²) in [5.74, 6) is 1.48. The van der Waals surface area contributed by atoms with Gasteiger partial charge in [0.15, 0.2) is 0 Å². The van der Waals surface area contributed by atoms with E-state index in [-0.39, 0.29) is 4.90 Å². The third-order valence-electron chi connectivity index (χ3n) is 4.23. The van der Waals surface area contributed by atoms with Crippen LogP contribution in [0.2, 0.25) is 0 Å². The van der Waals surface area contributed by atoms with Crippen LogP contribution >= 0.6 is 0 Å². The van der Waals surface area contributed by atoms with Gasteiger partial charge in [0, 0.05) is 12.6 Å². The van der Waals surface area contributed by atoms with E-state index in [1.807, 2.05) is 6.07 Å². The molecule has 0 amide bonds. The van der Waals surface area contributed by atoms with E-state index in [0.717, 1.165) is 11.5 Å². The summed E-state index contributed by atoms with van der Waals surface area (Å²) in [6, 6.07) is 7.37. The lowest BCUT2D eigenvalue weighted by molar-refractivity contribution is 0.227. The predicted octanol–water partition coefficient (Wildman–Crippen LogP) is 2.25. The van der Waals surface area contributed by atoms with Gasteiger partial charge in [-0.2, -0.15) is 0 Å². The van der Waals surface area contributed by atoms with Crippen LogP contribution in [-0.2, 0) is 16.6 Å². The van der Waals surface area contributed by atoms with E-state index < -0.39 is 10.0 Å². The number of nitrogens with two attached hydrogens (primary N) is 1. The number of rotatable bonds is 4. The van der Waals surface area contributed by atoms with Gasteiger partial charge in [-0.25, -0.2) is 13.6 Å². The maximum atomic E-state index is 11.3. The lowest BCUT2D eigenvalue weighted by Crippen LogP contribution is -2.38. The average Bonchev–Trinajstić information content (AvgIpc) is 2.37. The van der Waals surface area contributed by atoms with Crippen LogP contribution in [0.3, 0.4) is 0 Å². The molecule has 0 aromatic heterocycles. The molecule has 4 nitrogen and oxygen atoms in total. The number of hydrogen-bond donors (Lipinski definition) is 2. The van der Waals surface area contributed by atoms with Crippen molar-refractivity contribution in [2.24, 2.45) is 17.0 Å². The van der Waals surface area contributed by atoms with Crippen molar-refractivity contribution in [3.8, 4) is 0 Å². The molecule has 1 aromatic rings. The molecule has 0 bridgehead atoms. The fourth-order valence-electron chi connectivity index (χ4n) is 3.05. The number of sulfonamides is 1. The second-order valence-electron chi connectivity index (χ2n) is 6.08. The summed E-state index contributed by atoms with van der Waals surface area (Å²) >= 11 is 0. The van der Waals surface area contributed by atoms with E-state index in [1.165, 1.54) is 25.3 Å². The first kappa shape index (κ1) is 15.5. The quantitative estimate of drug-likeness (QED) is 0.895. The summed E-state index contributed by atoms with van der Waals surface area (Å²) in [6.07, 6.45) is 3.71. The zero-order chi connectivity index (χ0) is 14.8. The SMILES string of the molecule is CC1CCC(NCc2cccc(S(N)(=O)=O)c2)C(C)C1. The van der Waals surface area contributed by atoms with Crippen LogP contribution in [0.15, 0.2) is 29.2 Å². The number of hydrogen-bond acceptors (Lipinski definition) is 3. The molecule has 1 saturated carbocycles. The summed E-state index contributed by atoms with van der Waals surface area (Å²) in [5, 5.41) is 8.70. The van der Waals surface area contributed by atoms with E-state index in [4.69, 9.17) is 5.14 Å². The minimum atomic E-state index is -3.61. The molecule has 1 aromatic carbocycles. The minimum absolute atomic E-state index is 0.183. The molecule has 3 atom stereocenters. The van der Waals surface area contributed by atoms with Gasteiger partial charge in [0.25, 0.3) is 0 Å². The van der Waals surface area contributed by atoms with Gasteiger partial charge in [0.05, 0.1) is 4.90 Å². The third kappa shape index (κ3) is 4.04. The highest BCUT2D eigenvalue weighted by Gasteiger charge is 2.24. The van der Waals surface area contributed by atoms with Crippen LogP contribution in [0.1, 0.15) is 38.7 Å². The Kier molecular flexibility index (Phi) is 4.83. The summed E-state index contributed by atoms with van der Waals surface area (Å²) in [6.45, 7) is 5.28. The van der Waals surface area contributed by atoms with Crippen LogP contribution in [0.25, 0.3) is 0 Å². The highest BCUT2D eigenvalue weighted by Crippen LogP contribution is 2.28. The first-order valence-corrected chi connectivity index (χ1v) is 8.76. The molecule has 3 unspecified atom stereocenters. The Morgan fingerprint density at radius 2 is 2.05 bits per heavy atom. The molecule has 3 N–H and O–H groups in total. The first-order valence-electron chi connectivity index (χ1n) is 7.21. The molecule has 1 fully saturated rings. The second-order valence-corrected chi connectivity index (χ2v) is 7.64. The van der Waals surface area contributed by atoms with E-state index in [9.17, 15) is 8.42 Å². The highest BCUT2D eigenvalue weighted by atomic mass is 32.2. The fourth-order valence-corrected chi connectivity index (χ4v) is 3.63. The van der Waals surface area contributed by atoms with Crippen LogP contribution in [0.4, 0.5) is 0 Å². The molecule has 0 spiro atoms. The lowest BCUT2D eigenvalue weighted by atomic mass is 9.80. The minimum Gasteiger partial charge on any atom is -0.310 e. The average molecular weight is 296 g/mol. The molecular formula is C15H24N2O2S. The molecule has 1 aliphatic carbocycles. The van der Waals surface area contributed by atoms with Crippen molar-refractivity contribution >= 4 is 10.0 Å². The molecular weight excluding hydrogens is 272 g/mol. The van der Waals surface area contributed by atoms with Crippen molar-refractivity contribution in [2.45, 2.75) is 50.6 Å². The summed E-state index contributed by atoms with van der Waals surface area (Å²) in [4.78, 5) is 0.183. The Labute approximate surface area is 121 Å². The maximum Gasteiger partial charge on any atom is 0.238 e. The van der Waals surface area contributed by atoms with E-state index >= 15 is 0 Å². The van der Waals surface area contributed by atoms with Gasteiger partial charge in [-0.15, -0.1) is 0 Å². The van der Waals surface area contributed by atoms with Crippen LogP contribution < -0.4 is 10.5 Å². The number of nitrogens with one attached hydrogen (secondary N) is 1. The Morgan fingerprint density at radius 1 is 1.30 bits per heavy atom. The maximum absolute atomic E-state index is 11.3. The molecule has 0 aliphatic heterocycles. The van der Waals surface area contributed by atoms with Gasteiger partial charge < -0.3 is 5.32 Å². The van der Waals surface area contributed by atoms with Gasteiger partial charge in [0.1, 0.15) is 0 Å². The monoisotopic (exact) mass is 296 g/mol. The Morgan fingerprint density at radius 3 is 2.70 bits per heavy atom. The van der Waals surface area contributed by atoms with Crippen molar-refractivity contribution in [1.29, 1.82) is 0 Å². The van der Waals surface area contributed by atoms with Crippen molar-refractivity contribution in [2.75, 3.05) is 0 Å². The smallest absolute Gasteiger partial charge is 0.238 e. The van der Waals surface area contributed by atoms with E-state index in [1.54, 1.807) is 12.1 Å². The van der Waals surface area contributed by atoms with Crippen molar-refractivity contribution < 1.29 is 8.42 Å². The van der Waals surface area contributed by atoms with Crippen LogP contribution in [0.5, 0.6) is 0 Å². The molecule has 0 radical (unpaired) electrons. The summed E-state index contributed by atoms with van der Waals surface area (Å²) in [5.41, 5.74) is 0.961. The molecule has 0 heterocycles. The Balaban J connectivity index is 1.98. The summed E-state index contributed by atoms with van der Waals surface area (Å²) in [7, 11) is -3.61. The van der Waals surface area contributed by atoms with Gasteiger partial charge in [-0.3, -0.25) is 0 Å².